The molecule has 0 bridgehead atoms. The number of aliphatic hydroxyl groups is 1. The molecular weight excluding hydrogens is 194 g/mol. The minimum absolute atomic E-state index is 0.0429. The SMILES string of the molecule is O[C@H]1CN[C@@H](c2nc(C3CCC3)no2)C1. The maximum Gasteiger partial charge on any atom is 0.243 e. The van der Waals surface area contributed by atoms with Crippen molar-refractivity contribution in [3.8, 4) is 0 Å². The molecule has 0 spiro atoms. The molecule has 2 aliphatic rings. The zero-order valence-corrected chi connectivity index (χ0v) is 8.52. The smallest absolute Gasteiger partial charge is 0.243 e. The quantitative estimate of drug-likeness (QED) is 0.751. The highest BCUT2D eigenvalue weighted by atomic mass is 16.5. The van der Waals surface area contributed by atoms with Crippen LogP contribution < -0.4 is 5.32 Å². The third-order valence-corrected chi connectivity index (χ3v) is 3.33. The third-order valence-electron chi connectivity index (χ3n) is 3.33. The second-order valence-electron chi connectivity index (χ2n) is 4.47. The lowest BCUT2D eigenvalue weighted by molar-refractivity contribution is 0.191. The van der Waals surface area contributed by atoms with E-state index in [2.05, 4.69) is 15.5 Å². The number of nitrogens with one attached hydrogen (secondary N) is 1. The number of aromatic nitrogens is 2. The summed E-state index contributed by atoms with van der Waals surface area (Å²) in [5.41, 5.74) is 0. The molecule has 0 radical (unpaired) electrons. The van der Waals surface area contributed by atoms with Crippen molar-refractivity contribution in [2.24, 2.45) is 0 Å². The van der Waals surface area contributed by atoms with Gasteiger partial charge in [-0.1, -0.05) is 11.6 Å². The van der Waals surface area contributed by atoms with Crippen LogP contribution in [0.3, 0.4) is 0 Å². The van der Waals surface area contributed by atoms with Crippen molar-refractivity contribution in [2.45, 2.75) is 43.7 Å². The predicted molar refractivity (Wildman–Crippen MR) is 52.3 cm³/mol. The summed E-state index contributed by atoms with van der Waals surface area (Å²) in [7, 11) is 0. The van der Waals surface area contributed by atoms with E-state index in [4.69, 9.17) is 4.52 Å². The molecular formula is C10H15N3O2. The van der Waals surface area contributed by atoms with Crippen molar-refractivity contribution in [1.29, 1.82) is 0 Å². The van der Waals surface area contributed by atoms with Crippen LogP contribution in [0.4, 0.5) is 0 Å². The van der Waals surface area contributed by atoms with Gasteiger partial charge in [0.2, 0.25) is 5.89 Å². The van der Waals surface area contributed by atoms with Gasteiger partial charge in [0.1, 0.15) is 0 Å². The fraction of sp³-hybridized carbons (Fsp3) is 0.800. The van der Waals surface area contributed by atoms with Crippen LogP contribution in [0.5, 0.6) is 0 Å². The fourth-order valence-corrected chi connectivity index (χ4v) is 2.13. The Kier molecular flexibility index (Phi) is 2.21. The van der Waals surface area contributed by atoms with Crippen molar-refractivity contribution in [3.05, 3.63) is 11.7 Å². The lowest BCUT2D eigenvalue weighted by Crippen LogP contribution is -2.15. The topological polar surface area (TPSA) is 71.2 Å². The Labute approximate surface area is 87.9 Å². The largest absolute Gasteiger partial charge is 0.392 e. The molecule has 1 aliphatic carbocycles. The summed E-state index contributed by atoms with van der Waals surface area (Å²) in [6.07, 6.45) is 4.02. The van der Waals surface area contributed by atoms with E-state index in [9.17, 15) is 5.11 Å². The summed E-state index contributed by atoms with van der Waals surface area (Å²) in [5.74, 6) is 1.99. The average Bonchev–Trinajstić information content (AvgIpc) is 2.70. The molecule has 0 aromatic carbocycles. The Morgan fingerprint density at radius 1 is 1.40 bits per heavy atom. The summed E-state index contributed by atoms with van der Waals surface area (Å²) in [5, 5.41) is 16.5. The van der Waals surface area contributed by atoms with Crippen molar-refractivity contribution < 1.29 is 9.63 Å². The van der Waals surface area contributed by atoms with Crippen LogP contribution in [0.1, 0.15) is 49.4 Å². The number of nitrogens with zero attached hydrogens (tertiary/aromatic N) is 2. The molecule has 5 nitrogen and oxygen atoms in total. The van der Waals surface area contributed by atoms with Gasteiger partial charge in [-0.25, -0.2) is 0 Å². The van der Waals surface area contributed by atoms with E-state index in [1.165, 1.54) is 19.3 Å². The minimum Gasteiger partial charge on any atom is -0.392 e. The van der Waals surface area contributed by atoms with E-state index in [-0.39, 0.29) is 12.1 Å². The first kappa shape index (κ1) is 9.30. The van der Waals surface area contributed by atoms with E-state index in [0.717, 1.165) is 5.82 Å². The molecule has 15 heavy (non-hydrogen) atoms. The summed E-state index contributed by atoms with van der Waals surface area (Å²) < 4.78 is 5.22. The number of hydrogen-bond donors (Lipinski definition) is 2. The molecule has 82 valence electrons. The number of rotatable bonds is 2. The zero-order valence-electron chi connectivity index (χ0n) is 8.52. The molecule has 1 saturated heterocycles. The highest BCUT2D eigenvalue weighted by Gasteiger charge is 2.30. The Balaban J connectivity index is 1.72. The Morgan fingerprint density at radius 3 is 2.87 bits per heavy atom. The number of β-amino-alcohol motifs (C(OH)–C–C–N with tert-alkyl or cyclic N) is 1. The van der Waals surface area contributed by atoms with E-state index in [1.807, 2.05) is 0 Å². The van der Waals surface area contributed by atoms with Gasteiger partial charge < -0.3 is 14.9 Å². The lowest BCUT2D eigenvalue weighted by Gasteiger charge is -2.21. The molecule has 2 atom stereocenters. The molecule has 1 saturated carbocycles. The maximum absolute atomic E-state index is 9.38. The van der Waals surface area contributed by atoms with Gasteiger partial charge in [0.05, 0.1) is 12.1 Å². The third kappa shape index (κ3) is 1.66. The Morgan fingerprint density at radius 2 is 2.27 bits per heavy atom. The van der Waals surface area contributed by atoms with Crippen LogP contribution in [0.15, 0.2) is 4.52 Å². The first-order chi connectivity index (χ1) is 7.33. The fourth-order valence-electron chi connectivity index (χ4n) is 2.13. The molecule has 1 aromatic rings. The van der Waals surface area contributed by atoms with E-state index < -0.39 is 0 Å². The van der Waals surface area contributed by atoms with Crippen molar-refractivity contribution in [3.63, 3.8) is 0 Å². The van der Waals surface area contributed by atoms with Crippen LogP contribution in [0, 0.1) is 0 Å². The maximum atomic E-state index is 9.38. The zero-order chi connectivity index (χ0) is 10.3. The Hall–Kier alpha value is -0.940. The summed E-state index contributed by atoms with van der Waals surface area (Å²) in [6.45, 7) is 0.617. The molecule has 2 fully saturated rings. The second-order valence-corrected chi connectivity index (χ2v) is 4.47. The van der Waals surface area contributed by atoms with Crippen LogP contribution in [0.25, 0.3) is 0 Å². The first-order valence-corrected chi connectivity index (χ1v) is 5.58. The molecule has 1 aliphatic heterocycles. The molecule has 1 aromatic heterocycles. The molecule has 3 rings (SSSR count). The van der Waals surface area contributed by atoms with Gasteiger partial charge >= 0.3 is 0 Å². The molecule has 0 unspecified atom stereocenters. The average molecular weight is 209 g/mol. The van der Waals surface area contributed by atoms with E-state index >= 15 is 0 Å². The predicted octanol–water partition coefficient (Wildman–Crippen LogP) is 0.732. The lowest BCUT2D eigenvalue weighted by atomic mass is 9.85. The highest BCUT2D eigenvalue weighted by Crippen LogP contribution is 2.35. The van der Waals surface area contributed by atoms with Crippen LogP contribution >= 0.6 is 0 Å². The van der Waals surface area contributed by atoms with Crippen molar-refractivity contribution in [1.82, 2.24) is 15.5 Å². The van der Waals surface area contributed by atoms with Gasteiger partial charge in [0.25, 0.3) is 0 Å². The van der Waals surface area contributed by atoms with Crippen molar-refractivity contribution >= 4 is 0 Å². The number of hydrogen-bond acceptors (Lipinski definition) is 5. The standard InChI is InChI=1S/C10H15N3O2/c14-7-4-8(11-5-7)10-12-9(13-15-10)6-2-1-3-6/h6-8,11,14H,1-5H2/t7-,8-/m1/s1. The molecule has 2 N–H and O–H groups in total. The van der Waals surface area contributed by atoms with Gasteiger partial charge in [-0.05, 0) is 19.3 Å². The van der Waals surface area contributed by atoms with Crippen LogP contribution in [-0.2, 0) is 0 Å². The van der Waals surface area contributed by atoms with Crippen LogP contribution in [0.2, 0.25) is 0 Å². The molecule has 2 heterocycles. The second kappa shape index (κ2) is 3.57. The van der Waals surface area contributed by atoms with Crippen molar-refractivity contribution in [2.75, 3.05) is 6.54 Å². The van der Waals surface area contributed by atoms with E-state index in [0.29, 0.717) is 24.8 Å². The van der Waals surface area contributed by atoms with Gasteiger partial charge in [0.15, 0.2) is 5.82 Å². The van der Waals surface area contributed by atoms with Crippen LogP contribution in [-0.4, -0.2) is 27.9 Å². The summed E-state index contributed by atoms with van der Waals surface area (Å²) in [6, 6.07) is 0.0429. The normalized spacial score (nSPS) is 31.8. The van der Waals surface area contributed by atoms with Gasteiger partial charge in [0, 0.05) is 12.5 Å². The summed E-state index contributed by atoms with van der Waals surface area (Å²) >= 11 is 0. The Bertz CT molecular complexity index is 348. The number of aliphatic hydroxyl groups excluding tert-OH is 1. The monoisotopic (exact) mass is 209 g/mol. The van der Waals surface area contributed by atoms with E-state index in [1.54, 1.807) is 0 Å². The first-order valence-electron chi connectivity index (χ1n) is 5.58. The highest BCUT2D eigenvalue weighted by molar-refractivity contribution is 5.03. The summed E-state index contributed by atoms with van der Waals surface area (Å²) in [4.78, 5) is 4.40. The minimum atomic E-state index is -0.283. The van der Waals surface area contributed by atoms with Gasteiger partial charge in [-0.2, -0.15) is 4.98 Å². The van der Waals surface area contributed by atoms with Gasteiger partial charge in [-0.15, -0.1) is 0 Å². The van der Waals surface area contributed by atoms with Gasteiger partial charge in [-0.3, -0.25) is 0 Å². The molecule has 5 heteroatoms. The molecule has 0 amide bonds.